The minimum Gasteiger partial charge on any atom is -0.366 e. The van der Waals surface area contributed by atoms with Crippen molar-refractivity contribution in [2.24, 2.45) is 0 Å². The van der Waals surface area contributed by atoms with E-state index in [2.05, 4.69) is 4.98 Å². The molecule has 170 valence electrons. The fourth-order valence-electron chi connectivity index (χ4n) is 4.33. The number of aromatic nitrogens is 2. The lowest BCUT2D eigenvalue weighted by Gasteiger charge is -2.36. The molecule has 1 aliphatic heterocycles. The summed E-state index contributed by atoms with van der Waals surface area (Å²) in [5.74, 6) is -0.660. The molecule has 0 spiro atoms. The van der Waals surface area contributed by atoms with Crippen molar-refractivity contribution in [1.82, 2.24) is 14.9 Å². The van der Waals surface area contributed by atoms with E-state index in [0.717, 1.165) is 22.2 Å². The number of para-hydroxylation sites is 1. The molecule has 1 saturated heterocycles. The molecule has 0 radical (unpaired) electrons. The Morgan fingerprint density at radius 2 is 1.65 bits per heavy atom. The summed E-state index contributed by atoms with van der Waals surface area (Å²) in [7, 11) is 0. The number of fused-ring (bicyclic) bond motifs is 1. The first-order valence-corrected chi connectivity index (χ1v) is 11.2. The van der Waals surface area contributed by atoms with E-state index in [4.69, 9.17) is 4.98 Å². The maximum atomic E-state index is 14.6. The molecule has 2 aromatic heterocycles. The Morgan fingerprint density at radius 3 is 2.35 bits per heavy atom. The predicted octanol–water partition coefficient (Wildman–Crippen LogP) is 4.60. The van der Waals surface area contributed by atoms with Gasteiger partial charge < -0.3 is 9.80 Å². The van der Waals surface area contributed by atoms with Gasteiger partial charge in [-0.3, -0.25) is 14.6 Å². The van der Waals surface area contributed by atoms with Crippen molar-refractivity contribution in [3.8, 4) is 11.3 Å². The molecule has 1 amide bonds. The lowest BCUT2D eigenvalue weighted by molar-refractivity contribution is 0.0748. The number of nitrogens with zero attached hydrogens (tertiary/aromatic N) is 4. The third-order valence-electron chi connectivity index (χ3n) is 6.18. The van der Waals surface area contributed by atoms with Gasteiger partial charge in [0.25, 0.3) is 5.91 Å². The Balaban J connectivity index is 1.40. The summed E-state index contributed by atoms with van der Waals surface area (Å²) >= 11 is 0. The van der Waals surface area contributed by atoms with Crippen molar-refractivity contribution in [3.63, 3.8) is 0 Å². The van der Waals surface area contributed by atoms with Gasteiger partial charge in [0.15, 0.2) is 5.78 Å². The Bertz CT molecular complexity index is 1380. The average molecular weight is 455 g/mol. The molecule has 2 aromatic carbocycles. The molecule has 6 nitrogen and oxygen atoms in total. The number of carbonyl (C=O) groups is 2. The third-order valence-corrected chi connectivity index (χ3v) is 6.18. The third kappa shape index (κ3) is 4.12. The number of hydrogen-bond acceptors (Lipinski definition) is 5. The summed E-state index contributed by atoms with van der Waals surface area (Å²) in [5.41, 5.74) is 3.77. The maximum absolute atomic E-state index is 14.6. The van der Waals surface area contributed by atoms with Crippen LogP contribution in [0.25, 0.3) is 22.2 Å². The molecule has 0 N–H and O–H groups in total. The number of halogens is 1. The van der Waals surface area contributed by atoms with Gasteiger partial charge in [-0.2, -0.15) is 0 Å². The smallest absolute Gasteiger partial charge is 0.254 e. The van der Waals surface area contributed by atoms with E-state index in [-0.39, 0.29) is 11.7 Å². The zero-order valence-corrected chi connectivity index (χ0v) is 18.7. The molecule has 7 heteroatoms. The van der Waals surface area contributed by atoms with E-state index in [1.54, 1.807) is 29.4 Å². The number of carbonyl (C=O) groups excluding carboxylic acids is 2. The normalized spacial score (nSPS) is 13.8. The molecule has 0 bridgehead atoms. The molecule has 3 heterocycles. The Hall–Kier alpha value is -4.13. The van der Waals surface area contributed by atoms with Crippen molar-refractivity contribution in [3.05, 3.63) is 90.0 Å². The summed E-state index contributed by atoms with van der Waals surface area (Å²) in [4.78, 5) is 37.6. The molecule has 5 rings (SSSR count). The molecular weight excluding hydrogens is 431 g/mol. The number of piperazine rings is 1. The van der Waals surface area contributed by atoms with Gasteiger partial charge in [-0.1, -0.05) is 18.2 Å². The quantitative estimate of drug-likeness (QED) is 0.422. The van der Waals surface area contributed by atoms with Crippen molar-refractivity contribution in [1.29, 1.82) is 0 Å². The fourth-order valence-corrected chi connectivity index (χ4v) is 4.33. The van der Waals surface area contributed by atoms with Gasteiger partial charge in [0.1, 0.15) is 5.82 Å². The van der Waals surface area contributed by atoms with Crippen molar-refractivity contribution < 1.29 is 14.0 Å². The molecule has 34 heavy (non-hydrogen) atoms. The van der Waals surface area contributed by atoms with Gasteiger partial charge in [-0.25, -0.2) is 9.37 Å². The zero-order valence-electron chi connectivity index (χ0n) is 18.7. The summed E-state index contributed by atoms with van der Waals surface area (Å²) in [6.07, 6.45) is 3.41. The van der Waals surface area contributed by atoms with Gasteiger partial charge >= 0.3 is 0 Å². The number of pyridine rings is 2. The molecule has 1 aliphatic rings. The highest BCUT2D eigenvalue weighted by atomic mass is 19.1. The van der Waals surface area contributed by atoms with Crippen LogP contribution in [-0.2, 0) is 0 Å². The Morgan fingerprint density at radius 1 is 0.912 bits per heavy atom. The molecule has 4 aromatic rings. The number of amides is 1. The van der Waals surface area contributed by atoms with E-state index >= 15 is 0 Å². The van der Waals surface area contributed by atoms with Crippen LogP contribution in [-0.4, -0.2) is 52.7 Å². The minimum atomic E-state index is -0.422. The van der Waals surface area contributed by atoms with Crippen LogP contribution in [0.15, 0.2) is 73.1 Å². The molecule has 0 saturated carbocycles. The highest BCUT2D eigenvalue weighted by Crippen LogP contribution is 2.27. The van der Waals surface area contributed by atoms with Crippen LogP contribution in [0.2, 0.25) is 0 Å². The summed E-state index contributed by atoms with van der Waals surface area (Å²) in [6.45, 7) is 3.36. The maximum Gasteiger partial charge on any atom is 0.254 e. The van der Waals surface area contributed by atoms with Gasteiger partial charge in [0.05, 0.1) is 22.5 Å². The second kappa shape index (κ2) is 9.02. The number of Topliss-reactive ketones (excluding diaryl/α,β-unsaturated/α-hetero) is 1. The van der Waals surface area contributed by atoms with Gasteiger partial charge in [-0.15, -0.1) is 0 Å². The number of rotatable bonds is 4. The van der Waals surface area contributed by atoms with E-state index in [9.17, 15) is 14.0 Å². The number of anilines is 1. The van der Waals surface area contributed by atoms with Crippen LogP contribution in [0.1, 0.15) is 27.6 Å². The second-order valence-electron chi connectivity index (χ2n) is 8.31. The first-order valence-electron chi connectivity index (χ1n) is 11.2. The fraction of sp³-hybridized carbons (Fsp3) is 0.185. The Labute approximate surface area is 196 Å². The largest absolute Gasteiger partial charge is 0.366 e. The van der Waals surface area contributed by atoms with Gasteiger partial charge in [0, 0.05) is 55.1 Å². The highest BCUT2D eigenvalue weighted by Gasteiger charge is 2.25. The van der Waals surface area contributed by atoms with E-state index in [1.165, 1.54) is 13.0 Å². The van der Waals surface area contributed by atoms with Crippen LogP contribution in [0.3, 0.4) is 0 Å². The van der Waals surface area contributed by atoms with Crippen LogP contribution >= 0.6 is 0 Å². The monoisotopic (exact) mass is 454 g/mol. The summed E-state index contributed by atoms with van der Waals surface area (Å²) in [6, 6.07) is 17.8. The lowest BCUT2D eigenvalue weighted by Crippen LogP contribution is -2.49. The molecule has 0 unspecified atom stereocenters. The first kappa shape index (κ1) is 21.7. The predicted molar refractivity (Wildman–Crippen MR) is 129 cm³/mol. The topological polar surface area (TPSA) is 66.4 Å². The molecule has 0 atom stereocenters. The van der Waals surface area contributed by atoms with Crippen LogP contribution in [0.4, 0.5) is 10.1 Å². The van der Waals surface area contributed by atoms with Crippen LogP contribution in [0, 0.1) is 5.82 Å². The number of hydrogen-bond donors (Lipinski definition) is 0. The SMILES string of the molecule is CC(=O)c1ccc(N2CCN(C(=O)c3cc(-c4ccncc4)nc4ccccc34)CC2)c(F)c1. The van der Waals surface area contributed by atoms with Crippen LogP contribution < -0.4 is 4.90 Å². The van der Waals surface area contributed by atoms with Crippen molar-refractivity contribution in [2.45, 2.75) is 6.92 Å². The first-order chi connectivity index (χ1) is 16.5. The molecule has 1 fully saturated rings. The second-order valence-corrected chi connectivity index (χ2v) is 8.31. The average Bonchev–Trinajstić information content (AvgIpc) is 2.88. The minimum absolute atomic E-state index is 0.0686. The summed E-state index contributed by atoms with van der Waals surface area (Å²) < 4.78 is 14.6. The molecular formula is C27H23FN4O2. The van der Waals surface area contributed by atoms with Crippen molar-refractivity contribution in [2.75, 3.05) is 31.1 Å². The Kier molecular flexibility index (Phi) is 5.76. The molecule has 0 aliphatic carbocycles. The highest BCUT2D eigenvalue weighted by molar-refractivity contribution is 6.07. The van der Waals surface area contributed by atoms with E-state index in [0.29, 0.717) is 43.0 Å². The number of ketones is 1. The lowest BCUT2D eigenvalue weighted by atomic mass is 10.0. The van der Waals surface area contributed by atoms with Gasteiger partial charge in [-0.05, 0) is 49.4 Å². The summed E-state index contributed by atoms with van der Waals surface area (Å²) in [5, 5.41) is 0.804. The van der Waals surface area contributed by atoms with Crippen LogP contribution in [0.5, 0.6) is 0 Å². The van der Waals surface area contributed by atoms with E-state index < -0.39 is 5.82 Å². The number of benzene rings is 2. The zero-order chi connectivity index (χ0) is 23.7. The standard InChI is InChI=1S/C27H23FN4O2/c1-18(33)20-6-7-26(23(28)16-20)31-12-14-32(15-13-31)27(34)22-17-25(19-8-10-29-11-9-19)30-24-5-3-2-4-21(22)24/h2-11,16-17H,12-15H2,1H3. The van der Waals surface area contributed by atoms with E-state index in [1.807, 2.05) is 47.4 Å². The van der Waals surface area contributed by atoms with Crippen molar-refractivity contribution >= 4 is 28.3 Å². The van der Waals surface area contributed by atoms with Gasteiger partial charge in [0.2, 0.25) is 0 Å².